The minimum Gasteiger partial charge on any atom is -0.345 e. The molecule has 0 bridgehead atoms. The third kappa shape index (κ3) is 1.73. The number of piperazine rings is 1. The molecule has 3 aliphatic rings. The second kappa shape index (κ2) is 4.25. The van der Waals surface area contributed by atoms with Crippen LogP contribution in [0.3, 0.4) is 0 Å². The summed E-state index contributed by atoms with van der Waals surface area (Å²) in [6.45, 7) is 2.17. The van der Waals surface area contributed by atoms with Crippen LogP contribution < -0.4 is 5.32 Å². The van der Waals surface area contributed by atoms with Crippen LogP contribution >= 0.6 is 0 Å². The molecule has 4 heteroatoms. The average Bonchev–Trinajstić information content (AvgIpc) is 3.20. The van der Waals surface area contributed by atoms with Crippen molar-refractivity contribution in [3.63, 3.8) is 0 Å². The molecule has 1 saturated heterocycles. The van der Waals surface area contributed by atoms with Crippen LogP contribution in [0.25, 0.3) is 0 Å². The lowest BCUT2D eigenvalue weighted by molar-refractivity contribution is -0.158. The average molecular weight is 250 g/mol. The van der Waals surface area contributed by atoms with Crippen LogP contribution in [0.5, 0.6) is 0 Å². The lowest BCUT2D eigenvalue weighted by Gasteiger charge is -2.49. The first-order valence-electron chi connectivity index (χ1n) is 7.24. The summed E-state index contributed by atoms with van der Waals surface area (Å²) in [6.07, 6.45) is 7.96. The van der Waals surface area contributed by atoms with E-state index in [-0.39, 0.29) is 18.4 Å². The topological polar surface area (TPSA) is 49.4 Å². The summed E-state index contributed by atoms with van der Waals surface area (Å²) in [6, 6.07) is 0.294. The van der Waals surface area contributed by atoms with Gasteiger partial charge in [-0.25, -0.2) is 0 Å². The number of carbonyl (C=O) groups is 2. The van der Waals surface area contributed by atoms with E-state index in [0.29, 0.717) is 12.0 Å². The lowest BCUT2D eigenvalue weighted by Crippen LogP contribution is -2.69. The molecular weight excluding hydrogens is 228 g/mol. The van der Waals surface area contributed by atoms with Crippen LogP contribution in [0.15, 0.2) is 0 Å². The molecule has 1 atom stereocenters. The molecule has 0 spiro atoms. The van der Waals surface area contributed by atoms with Crippen molar-refractivity contribution in [1.82, 2.24) is 10.2 Å². The largest absolute Gasteiger partial charge is 0.345 e. The maximum Gasteiger partial charge on any atom is 0.246 e. The molecule has 0 radical (unpaired) electrons. The van der Waals surface area contributed by atoms with Gasteiger partial charge in [-0.2, -0.15) is 0 Å². The lowest BCUT2D eigenvalue weighted by atomic mass is 9.84. The van der Waals surface area contributed by atoms with Crippen LogP contribution in [0.1, 0.15) is 51.9 Å². The molecule has 1 heterocycles. The van der Waals surface area contributed by atoms with E-state index in [4.69, 9.17) is 0 Å². The van der Waals surface area contributed by atoms with Gasteiger partial charge in [0.25, 0.3) is 0 Å². The molecule has 1 aliphatic heterocycles. The van der Waals surface area contributed by atoms with Gasteiger partial charge < -0.3 is 10.2 Å². The molecular formula is C14H22N2O2. The van der Waals surface area contributed by atoms with Crippen LogP contribution in [-0.4, -0.2) is 34.8 Å². The van der Waals surface area contributed by atoms with Crippen LogP contribution in [0.2, 0.25) is 0 Å². The molecule has 4 nitrogen and oxygen atoms in total. The summed E-state index contributed by atoms with van der Waals surface area (Å²) in [5.74, 6) is 0.565. The number of rotatable bonds is 2. The summed E-state index contributed by atoms with van der Waals surface area (Å²) in [5, 5.41) is 2.78. The molecule has 2 saturated carbocycles. The van der Waals surface area contributed by atoms with Crippen molar-refractivity contribution in [2.75, 3.05) is 6.54 Å². The van der Waals surface area contributed by atoms with Gasteiger partial charge in [0.15, 0.2) is 0 Å². The zero-order valence-corrected chi connectivity index (χ0v) is 11.1. The van der Waals surface area contributed by atoms with Crippen molar-refractivity contribution in [1.29, 1.82) is 0 Å². The fourth-order valence-electron chi connectivity index (χ4n) is 3.74. The maximum atomic E-state index is 12.3. The van der Waals surface area contributed by atoms with Gasteiger partial charge in [-0.1, -0.05) is 19.3 Å². The van der Waals surface area contributed by atoms with Gasteiger partial charge in [-0.15, -0.1) is 0 Å². The first-order valence-corrected chi connectivity index (χ1v) is 7.24. The number of hydrogen-bond donors (Lipinski definition) is 1. The van der Waals surface area contributed by atoms with E-state index in [2.05, 4.69) is 5.32 Å². The molecule has 1 N–H and O–H groups in total. The minimum atomic E-state index is -0.572. The Balaban J connectivity index is 1.90. The van der Waals surface area contributed by atoms with Crippen molar-refractivity contribution in [2.24, 2.45) is 5.92 Å². The summed E-state index contributed by atoms with van der Waals surface area (Å²) in [5.41, 5.74) is -0.572. The number of nitrogens with one attached hydrogen (secondary N) is 1. The van der Waals surface area contributed by atoms with Crippen molar-refractivity contribution in [3.05, 3.63) is 0 Å². The number of amides is 2. The highest BCUT2D eigenvalue weighted by Gasteiger charge is 2.56. The van der Waals surface area contributed by atoms with Gasteiger partial charge in [-0.05, 0) is 38.5 Å². The Labute approximate surface area is 108 Å². The van der Waals surface area contributed by atoms with E-state index in [0.717, 1.165) is 25.7 Å². The van der Waals surface area contributed by atoms with Gasteiger partial charge in [-0.3, -0.25) is 9.59 Å². The summed E-state index contributed by atoms with van der Waals surface area (Å²) >= 11 is 0. The second-order valence-electron chi connectivity index (χ2n) is 6.16. The molecule has 2 aliphatic carbocycles. The molecule has 2 amide bonds. The van der Waals surface area contributed by atoms with Crippen LogP contribution in [0, 0.1) is 5.92 Å². The second-order valence-corrected chi connectivity index (χ2v) is 6.16. The fourth-order valence-corrected chi connectivity index (χ4v) is 3.74. The van der Waals surface area contributed by atoms with Gasteiger partial charge >= 0.3 is 0 Å². The summed E-state index contributed by atoms with van der Waals surface area (Å²) in [4.78, 5) is 26.6. The van der Waals surface area contributed by atoms with Crippen molar-refractivity contribution in [2.45, 2.75) is 63.5 Å². The molecule has 3 rings (SSSR count). The highest BCUT2D eigenvalue weighted by molar-refractivity contribution is 5.98. The van der Waals surface area contributed by atoms with E-state index in [1.807, 2.05) is 11.8 Å². The Morgan fingerprint density at radius 2 is 1.78 bits per heavy atom. The van der Waals surface area contributed by atoms with E-state index in [1.54, 1.807) is 0 Å². The minimum absolute atomic E-state index is 0.0650. The van der Waals surface area contributed by atoms with E-state index in [9.17, 15) is 9.59 Å². The monoisotopic (exact) mass is 250 g/mol. The van der Waals surface area contributed by atoms with Gasteiger partial charge in [0.1, 0.15) is 5.54 Å². The van der Waals surface area contributed by atoms with Crippen molar-refractivity contribution < 1.29 is 9.59 Å². The van der Waals surface area contributed by atoms with E-state index < -0.39 is 5.54 Å². The Hall–Kier alpha value is -1.06. The van der Waals surface area contributed by atoms with Crippen LogP contribution in [-0.2, 0) is 9.59 Å². The smallest absolute Gasteiger partial charge is 0.246 e. The van der Waals surface area contributed by atoms with Gasteiger partial charge in [0.05, 0.1) is 6.54 Å². The van der Waals surface area contributed by atoms with E-state index >= 15 is 0 Å². The standard InChI is InChI=1S/C14H22N2O2/c1-14(10-7-8-10)13(18)15-9-12(17)16(14)11-5-3-2-4-6-11/h10-11H,2-9H2,1H3,(H,15,18). The quantitative estimate of drug-likeness (QED) is 0.806. The molecule has 1 unspecified atom stereocenters. The fraction of sp³-hybridized carbons (Fsp3) is 0.857. The highest BCUT2D eigenvalue weighted by atomic mass is 16.2. The number of nitrogens with zero attached hydrogens (tertiary/aromatic N) is 1. The summed E-state index contributed by atoms with van der Waals surface area (Å²) < 4.78 is 0. The maximum absolute atomic E-state index is 12.3. The third-order valence-electron chi connectivity index (χ3n) is 4.94. The first-order chi connectivity index (χ1) is 8.64. The summed E-state index contributed by atoms with van der Waals surface area (Å²) in [7, 11) is 0. The normalized spacial score (nSPS) is 34.6. The zero-order valence-electron chi connectivity index (χ0n) is 11.1. The highest BCUT2D eigenvalue weighted by Crippen LogP contribution is 2.46. The SMILES string of the molecule is CC1(C2CC2)C(=O)NCC(=O)N1C1CCCCC1. The Kier molecular flexibility index (Phi) is 2.83. The Morgan fingerprint density at radius 3 is 2.39 bits per heavy atom. The predicted molar refractivity (Wildman–Crippen MR) is 67.9 cm³/mol. The predicted octanol–water partition coefficient (Wildman–Crippen LogP) is 1.45. The van der Waals surface area contributed by atoms with Crippen molar-refractivity contribution in [3.8, 4) is 0 Å². The molecule has 3 fully saturated rings. The van der Waals surface area contributed by atoms with Gasteiger partial charge in [0, 0.05) is 6.04 Å². The Bertz CT molecular complexity index is 372. The van der Waals surface area contributed by atoms with E-state index in [1.165, 1.54) is 19.3 Å². The molecule has 18 heavy (non-hydrogen) atoms. The first kappa shape index (κ1) is 12.0. The van der Waals surface area contributed by atoms with Crippen LogP contribution in [0.4, 0.5) is 0 Å². The molecule has 100 valence electrons. The molecule has 0 aromatic heterocycles. The molecule has 0 aromatic rings. The van der Waals surface area contributed by atoms with Gasteiger partial charge in [0.2, 0.25) is 11.8 Å². The Morgan fingerprint density at radius 1 is 1.11 bits per heavy atom. The number of hydrogen-bond acceptors (Lipinski definition) is 2. The van der Waals surface area contributed by atoms with Crippen molar-refractivity contribution >= 4 is 11.8 Å². The molecule has 0 aromatic carbocycles. The zero-order chi connectivity index (χ0) is 12.8. The third-order valence-corrected chi connectivity index (χ3v) is 4.94. The number of carbonyl (C=O) groups excluding carboxylic acids is 2.